The van der Waals surface area contributed by atoms with Gasteiger partial charge in [-0.2, -0.15) is 5.10 Å². The minimum Gasteiger partial charge on any atom is -0.364 e. The highest BCUT2D eigenvalue weighted by molar-refractivity contribution is 5.59. The van der Waals surface area contributed by atoms with Crippen LogP contribution in [0.3, 0.4) is 0 Å². The maximum absolute atomic E-state index is 11.0. The Kier molecular flexibility index (Phi) is 4.01. The lowest BCUT2D eigenvalue weighted by Gasteiger charge is -2.07. The molecule has 0 bridgehead atoms. The van der Waals surface area contributed by atoms with Crippen molar-refractivity contribution >= 4 is 11.5 Å². The SMILES string of the molecule is Cc1ccnc(NCCCn2cncn2)c1[N+](=O)[O-]. The Bertz CT molecular complexity index is 554. The quantitative estimate of drug-likeness (QED) is 0.480. The van der Waals surface area contributed by atoms with Crippen LogP contribution in [0.5, 0.6) is 0 Å². The van der Waals surface area contributed by atoms with Gasteiger partial charge in [-0.3, -0.25) is 14.8 Å². The van der Waals surface area contributed by atoms with Crippen LogP contribution < -0.4 is 5.32 Å². The smallest absolute Gasteiger partial charge is 0.314 e. The number of hydrogen-bond donors (Lipinski definition) is 1. The topological polar surface area (TPSA) is 98.8 Å². The molecule has 0 aliphatic rings. The first-order valence-corrected chi connectivity index (χ1v) is 5.85. The van der Waals surface area contributed by atoms with E-state index in [0.29, 0.717) is 24.5 Å². The number of anilines is 1. The maximum atomic E-state index is 11.0. The number of nitrogens with one attached hydrogen (secondary N) is 1. The molecular weight excluding hydrogens is 248 g/mol. The zero-order valence-electron chi connectivity index (χ0n) is 10.5. The Balaban J connectivity index is 1.92. The monoisotopic (exact) mass is 262 g/mol. The first kappa shape index (κ1) is 12.9. The first-order valence-electron chi connectivity index (χ1n) is 5.85. The summed E-state index contributed by atoms with van der Waals surface area (Å²) >= 11 is 0. The van der Waals surface area contributed by atoms with Crippen LogP contribution in [0.2, 0.25) is 0 Å². The molecule has 0 fully saturated rings. The second kappa shape index (κ2) is 5.89. The maximum Gasteiger partial charge on any atom is 0.314 e. The first-order chi connectivity index (χ1) is 9.18. The third-order valence-electron chi connectivity index (χ3n) is 2.63. The summed E-state index contributed by atoms with van der Waals surface area (Å²) in [7, 11) is 0. The van der Waals surface area contributed by atoms with E-state index in [9.17, 15) is 10.1 Å². The van der Waals surface area contributed by atoms with Gasteiger partial charge < -0.3 is 5.32 Å². The van der Waals surface area contributed by atoms with E-state index < -0.39 is 4.92 Å². The fraction of sp³-hybridized carbons (Fsp3) is 0.364. The van der Waals surface area contributed by atoms with E-state index in [2.05, 4.69) is 20.4 Å². The molecule has 8 nitrogen and oxygen atoms in total. The number of nitrogens with zero attached hydrogens (tertiary/aromatic N) is 5. The van der Waals surface area contributed by atoms with Crippen molar-refractivity contribution < 1.29 is 4.92 Å². The molecule has 100 valence electrons. The van der Waals surface area contributed by atoms with Crippen molar-refractivity contribution in [3.8, 4) is 0 Å². The Morgan fingerprint density at radius 3 is 3.05 bits per heavy atom. The average Bonchev–Trinajstić information content (AvgIpc) is 2.87. The number of rotatable bonds is 6. The number of hydrogen-bond acceptors (Lipinski definition) is 6. The molecule has 19 heavy (non-hydrogen) atoms. The molecule has 1 N–H and O–H groups in total. The molecule has 0 unspecified atom stereocenters. The van der Waals surface area contributed by atoms with E-state index in [-0.39, 0.29) is 5.69 Å². The van der Waals surface area contributed by atoms with Crippen LogP contribution in [0.1, 0.15) is 12.0 Å². The molecule has 2 rings (SSSR count). The van der Waals surface area contributed by atoms with Crippen LogP contribution in [0.4, 0.5) is 11.5 Å². The van der Waals surface area contributed by atoms with Crippen molar-refractivity contribution in [1.82, 2.24) is 19.7 Å². The summed E-state index contributed by atoms with van der Waals surface area (Å²) in [5.74, 6) is 0.309. The van der Waals surface area contributed by atoms with Crippen LogP contribution >= 0.6 is 0 Å². The molecule has 2 heterocycles. The summed E-state index contributed by atoms with van der Waals surface area (Å²) < 4.78 is 1.71. The molecule has 0 saturated heterocycles. The third-order valence-corrected chi connectivity index (χ3v) is 2.63. The van der Waals surface area contributed by atoms with Gasteiger partial charge in [0.15, 0.2) is 0 Å². The zero-order valence-corrected chi connectivity index (χ0v) is 10.5. The fourth-order valence-corrected chi connectivity index (χ4v) is 1.71. The van der Waals surface area contributed by atoms with Gasteiger partial charge in [-0.15, -0.1) is 0 Å². The highest BCUT2D eigenvalue weighted by Gasteiger charge is 2.17. The van der Waals surface area contributed by atoms with Crippen molar-refractivity contribution in [2.45, 2.75) is 19.9 Å². The molecule has 0 aromatic carbocycles. The lowest BCUT2D eigenvalue weighted by Crippen LogP contribution is -2.10. The van der Waals surface area contributed by atoms with Gasteiger partial charge in [0.25, 0.3) is 0 Å². The lowest BCUT2D eigenvalue weighted by molar-refractivity contribution is -0.384. The van der Waals surface area contributed by atoms with Crippen molar-refractivity contribution in [2.75, 3.05) is 11.9 Å². The Labute approximate surface area is 109 Å². The second-order valence-electron chi connectivity index (χ2n) is 4.02. The Morgan fingerprint density at radius 2 is 2.37 bits per heavy atom. The highest BCUT2D eigenvalue weighted by Crippen LogP contribution is 2.25. The molecule has 0 aliphatic carbocycles. The van der Waals surface area contributed by atoms with Crippen LogP contribution in [0.25, 0.3) is 0 Å². The third kappa shape index (κ3) is 3.24. The summed E-state index contributed by atoms with van der Waals surface area (Å²) in [6.07, 6.45) is 5.44. The molecule has 0 atom stereocenters. The van der Waals surface area contributed by atoms with Gasteiger partial charge in [0.1, 0.15) is 12.7 Å². The molecule has 0 saturated carbocycles. The lowest BCUT2D eigenvalue weighted by atomic mass is 10.2. The average molecular weight is 262 g/mol. The predicted molar refractivity (Wildman–Crippen MR) is 68.8 cm³/mol. The number of aromatic nitrogens is 4. The molecule has 0 amide bonds. The summed E-state index contributed by atoms with van der Waals surface area (Å²) in [5, 5.41) is 17.9. The highest BCUT2D eigenvalue weighted by atomic mass is 16.6. The number of nitro groups is 1. The number of aryl methyl sites for hydroxylation is 2. The minimum atomic E-state index is -0.415. The van der Waals surface area contributed by atoms with Gasteiger partial charge in [0.05, 0.1) is 4.92 Å². The van der Waals surface area contributed by atoms with E-state index in [4.69, 9.17) is 0 Å². The Hall–Kier alpha value is -2.51. The van der Waals surface area contributed by atoms with Gasteiger partial charge in [0, 0.05) is 24.8 Å². The second-order valence-corrected chi connectivity index (χ2v) is 4.02. The molecule has 0 aliphatic heterocycles. The van der Waals surface area contributed by atoms with E-state index >= 15 is 0 Å². The number of pyridine rings is 1. The zero-order chi connectivity index (χ0) is 13.7. The van der Waals surface area contributed by atoms with E-state index in [0.717, 1.165) is 6.42 Å². The molecule has 0 spiro atoms. The fourth-order valence-electron chi connectivity index (χ4n) is 1.71. The van der Waals surface area contributed by atoms with E-state index in [1.54, 1.807) is 30.2 Å². The van der Waals surface area contributed by atoms with Gasteiger partial charge >= 0.3 is 5.69 Å². The largest absolute Gasteiger partial charge is 0.364 e. The summed E-state index contributed by atoms with van der Waals surface area (Å²) in [6.45, 7) is 2.98. The van der Waals surface area contributed by atoms with Crippen molar-refractivity contribution in [1.29, 1.82) is 0 Å². The van der Waals surface area contributed by atoms with Gasteiger partial charge in [-0.05, 0) is 19.4 Å². The van der Waals surface area contributed by atoms with Crippen molar-refractivity contribution in [3.05, 3.63) is 40.6 Å². The summed E-state index contributed by atoms with van der Waals surface area (Å²) in [4.78, 5) is 18.4. The molecule has 2 aromatic heterocycles. The minimum absolute atomic E-state index is 0.0308. The van der Waals surface area contributed by atoms with Crippen LogP contribution in [-0.4, -0.2) is 31.2 Å². The normalized spacial score (nSPS) is 10.4. The molecule has 0 radical (unpaired) electrons. The summed E-state index contributed by atoms with van der Waals surface area (Å²) in [5.41, 5.74) is 0.627. The van der Waals surface area contributed by atoms with Gasteiger partial charge in [-0.1, -0.05) is 0 Å². The van der Waals surface area contributed by atoms with E-state index in [1.807, 2.05) is 0 Å². The van der Waals surface area contributed by atoms with Crippen molar-refractivity contribution in [3.63, 3.8) is 0 Å². The van der Waals surface area contributed by atoms with Crippen LogP contribution in [0, 0.1) is 17.0 Å². The molecular formula is C11H14N6O2. The standard InChI is InChI=1S/C11H14N6O2/c1-9-3-5-14-11(10(9)17(18)19)13-4-2-6-16-8-12-7-15-16/h3,5,7-8H,2,4,6H2,1H3,(H,13,14). The Morgan fingerprint density at radius 1 is 1.53 bits per heavy atom. The molecule has 8 heteroatoms. The summed E-state index contributed by atoms with van der Waals surface area (Å²) in [6, 6.07) is 1.62. The van der Waals surface area contributed by atoms with E-state index in [1.165, 1.54) is 6.33 Å². The van der Waals surface area contributed by atoms with Crippen LogP contribution in [-0.2, 0) is 6.54 Å². The van der Waals surface area contributed by atoms with Gasteiger partial charge in [0.2, 0.25) is 5.82 Å². The van der Waals surface area contributed by atoms with Crippen LogP contribution in [0.15, 0.2) is 24.9 Å². The van der Waals surface area contributed by atoms with Crippen molar-refractivity contribution in [2.24, 2.45) is 0 Å². The van der Waals surface area contributed by atoms with Gasteiger partial charge in [-0.25, -0.2) is 9.97 Å². The molecule has 2 aromatic rings. The predicted octanol–water partition coefficient (Wildman–Crippen LogP) is 1.39.